The Kier molecular flexibility index (Phi) is 4.80. The van der Waals surface area contributed by atoms with Gasteiger partial charge >= 0.3 is 5.97 Å². The van der Waals surface area contributed by atoms with Gasteiger partial charge in [-0.25, -0.2) is 18.2 Å². The molecule has 0 bridgehead atoms. The Morgan fingerprint density at radius 2 is 1.96 bits per heavy atom. The molecule has 0 saturated heterocycles. The highest BCUT2D eigenvalue weighted by atomic mass is 35.5. The largest absolute Gasteiger partial charge is 0.456 e. The van der Waals surface area contributed by atoms with Gasteiger partial charge in [-0.1, -0.05) is 23.7 Å². The molecule has 0 aliphatic rings. The third kappa shape index (κ3) is 3.76. The smallest absolute Gasteiger partial charge is 0.339 e. The number of ether oxygens (including phenoxy) is 1. The molecule has 0 N–H and O–H groups in total. The number of fused-ring (bicyclic) bond motifs is 1. The standard InChI is InChI=1S/C17H13ClN2O5S/c1-26(23,24)14-5-3-2-4-13(14)17(22)25-10-12-8-16(21)20-9-11(18)6-7-15(20)19-12/h2-9H,10H2,1H3. The summed E-state index contributed by atoms with van der Waals surface area (Å²) in [4.78, 5) is 28.5. The monoisotopic (exact) mass is 392 g/mol. The van der Waals surface area contributed by atoms with Gasteiger partial charge in [0.15, 0.2) is 9.84 Å². The highest BCUT2D eigenvalue weighted by Crippen LogP contribution is 2.17. The molecule has 0 saturated carbocycles. The number of hydrogen-bond acceptors (Lipinski definition) is 6. The lowest BCUT2D eigenvalue weighted by Gasteiger charge is -2.09. The van der Waals surface area contributed by atoms with Gasteiger partial charge in [0.2, 0.25) is 0 Å². The molecule has 7 nitrogen and oxygen atoms in total. The lowest BCUT2D eigenvalue weighted by Crippen LogP contribution is -2.17. The Balaban J connectivity index is 1.86. The normalized spacial score (nSPS) is 11.5. The van der Waals surface area contributed by atoms with Crippen LogP contribution >= 0.6 is 11.6 Å². The van der Waals surface area contributed by atoms with Gasteiger partial charge in [-0.05, 0) is 24.3 Å². The Hall–Kier alpha value is -2.71. The number of carbonyl (C=O) groups is 1. The minimum Gasteiger partial charge on any atom is -0.456 e. The second-order valence-corrected chi connectivity index (χ2v) is 7.93. The third-order valence-corrected chi connectivity index (χ3v) is 4.91. The first-order valence-electron chi connectivity index (χ1n) is 7.40. The van der Waals surface area contributed by atoms with E-state index in [1.807, 2.05) is 0 Å². The number of benzene rings is 1. The summed E-state index contributed by atoms with van der Waals surface area (Å²) in [5.41, 5.74) is 0.145. The van der Waals surface area contributed by atoms with Crippen molar-refractivity contribution in [2.75, 3.05) is 6.26 Å². The number of nitrogens with zero attached hydrogens (tertiary/aromatic N) is 2. The Morgan fingerprint density at radius 3 is 2.69 bits per heavy atom. The van der Waals surface area contributed by atoms with Gasteiger partial charge in [0.25, 0.3) is 5.56 Å². The molecule has 9 heteroatoms. The van der Waals surface area contributed by atoms with Gasteiger partial charge in [0, 0.05) is 18.5 Å². The molecule has 0 aliphatic heterocycles. The molecule has 0 aliphatic carbocycles. The van der Waals surface area contributed by atoms with Crippen LogP contribution in [0.2, 0.25) is 5.02 Å². The van der Waals surface area contributed by atoms with Gasteiger partial charge in [-0.3, -0.25) is 9.20 Å². The van der Waals surface area contributed by atoms with Crippen molar-refractivity contribution >= 4 is 33.1 Å². The summed E-state index contributed by atoms with van der Waals surface area (Å²) in [6.07, 6.45) is 2.44. The SMILES string of the molecule is CS(=O)(=O)c1ccccc1C(=O)OCc1cc(=O)n2cc(Cl)ccc2n1. The van der Waals surface area contributed by atoms with E-state index in [0.29, 0.717) is 10.7 Å². The molecular weight excluding hydrogens is 380 g/mol. The zero-order valence-electron chi connectivity index (χ0n) is 13.5. The molecule has 0 radical (unpaired) electrons. The van der Waals surface area contributed by atoms with Gasteiger partial charge in [0.1, 0.15) is 12.3 Å². The maximum Gasteiger partial charge on any atom is 0.339 e. The van der Waals surface area contributed by atoms with Crippen LogP contribution < -0.4 is 5.56 Å². The van der Waals surface area contributed by atoms with E-state index in [4.69, 9.17) is 16.3 Å². The Bertz CT molecular complexity index is 1170. The van der Waals surface area contributed by atoms with Gasteiger partial charge < -0.3 is 4.74 Å². The molecule has 3 rings (SSSR count). The first-order chi connectivity index (χ1) is 12.3. The average Bonchev–Trinajstić information content (AvgIpc) is 2.59. The van der Waals surface area contributed by atoms with Crippen LogP contribution in [0.3, 0.4) is 0 Å². The van der Waals surface area contributed by atoms with E-state index >= 15 is 0 Å². The maximum absolute atomic E-state index is 12.3. The van der Waals surface area contributed by atoms with E-state index in [1.54, 1.807) is 12.1 Å². The molecule has 2 heterocycles. The fraction of sp³-hybridized carbons (Fsp3) is 0.118. The number of hydrogen-bond donors (Lipinski definition) is 0. The highest BCUT2D eigenvalue weighted by Gasteiger charge is 2.19. The van der Waals surface area contributed by atoms with Crippen molar-refractivity contribution in [3.05, 3.63) is 75.3 Å². The molecule has 134 valence electrons. The summed E-state index contributed by atoms with van der Waals surface area (Å²) in [5.74, 6) is -0.816. The van der Waals surface area contributed by atoms with E-state index in [0.717, 1.165) is 6.26 Å². The van der Waals surface area contributed by atoms with Crippen LogP contribution in [0.25, 0.3) is 5.65 Å². The Morgan fingerprint density at radius 1 is 1.23 bits per heavy atom. The van der Waals surface area contributed by atoms with Crippen molar-refractivity contribution in [2.45, 2.75) is 11.5 Å². The number of halogens is 1. The average molecular weight is 393 g/mol. The number of rotatable bonds is 4. The van der Waals surface area contributed by atoms with E-state index in [2.05, 4.69) is 4.98 Å². The molecular formula is C17H13ClN2O5S. The highest BCUT2D eigenvalue weighted by molar-refractivity contribution is 7.90. The summed E-state index contributed by atoms with van der Waals surface area (Å²) in [7, 11) is -3.58. The van der Waals surface area contributed by atoms with Crippen LogP contribution in [-0.2, 0) is 21.2 Å². The molecule has 0 unspecified atom stereocenters. The number of sulfone groups is 1. The topological polar surface area (TPSA) is 94.8 Å². The van der Waals surface area contributed by atoms with Crippen LogP contribution in [-0.4, -0.2) is 30.0 Å². The Labute approximate surface area is 153 Å². The predicted octanol–water partition coefficient (Wildman–Crippen LogP) is 2.11. The summed E-state index contributed by atoms with van der Waals surface area (Å²) in [6.45, 7) is -0.273. The molecule has 0 atom stereocenters. The minimum atomic E-state index is -3.58. The van der Waals surface area contributed by atoms with Crippen LogP contribution in [0.15, 0.2) is 58.4 Å². The van der Waals surface area contributed by atoms with Gasteiger partial charge in [-0.2, -0.15) is 0 Å². The van der Waals surface area contributed by atoms with Crippen molar-refractivity contribution in [3.8, 4) is 0 Å². The van der Waals surface area contributed by atoms with E-state index in [1.165, 1.54) is 40.9 Å². The number of pyridine rings is 1. The predicted molar refractivity (Wildman–Crippen MR) is 95.1 cm³/mol. The van der Waals surface area contributed by atoms with Crippen LogP contribution in [0.5, 0.6) is 0 Å². The molecule has 2 aromatic heterocycles. The van der Waals surface area contributed by atoms with E-state index in [-0.39, 0.29) is 28.3 Å². The molecule has 3 aromatic rings. The second kappa shape index (κ2) is 6.89. The number of aromatic nitrogens is 2. The number of carbonyl (C=O) groups excluding carboxylic acids is 1. The molecule has 0 spiro atoms. The zero-order valence-corrected chi connectivity index (χ0v) is 15.1. The number of esters is 1. The van der Waals surface area contributed by atoms with E-state index in [9.17, 15) is 18.0 Å². The van der Waals surface area contributed by atoms with Gasteiger partial charge in [0.05, 0.1) is 21.2 Å². The quantitative estimate of drug-likeness (QED) is 0.631. The van der Waals surface area contributed by atoms with Crippen molar-refractivity contribution in [1.29, 1.82) is 0 Å². The lowest BCUT2D eigenvalue weighted by atomic mass is 10.2. The molecule has 0 amide bonds. The van der Waals surface area contributed by atoms with Crippen LogP contribution in [0.4, 0.5) is 0 Å². The second-order valence-electron chi connectivity index (χ2n) is 5.51. The minimum absolute atomic E-state index is 0.0701. The van der Waals surface area contributed by atoms with Crippen molar-refractivity contribution in [2.24, 2.45) is 0 Å². The summed E-state index contributed by atoms with van der Waals surface area (Å²) < 4.78 is 30.0. The van der Waals surface area contributed by atoms with Crippen LogP contribution in [0.1, 0.15) is 16.1 Å². The van der Waals surface area contributed by atoms with Gasteiger partial charge in [-0.15, -0.1) is 0 Å². The van der Waals surface area contributed by atoms with E-state index < -0.39 is 15.8 Å². The molecule has 26 heavy (non-hydrogen) atoms. The fourth-order valence-corrected chi connectivity index (χ4v) is 3.41. The molecule has 1 aromatic carbocycles. The first-order valence-corrected chi connectivity index (χ1v) is 9.67. The first kappa shape index (κ1) is 18.1. The zero-order chi connectivity index (χ0) is 18.9. The summed E-state index contributed by atoms with van der Waals surface area (Å²) in [6, 6.07) is 10.1. The van der Waals surface area contributed by atoms with Crippen molar-refractivity contribution < 1.29 is 17.9 Å². The third-order valence-electron chi connectivity index (χ3n) is 3.53. The van der Waals surface area contributed by atoms with Crippen molar-refractivity contribution in [1.82, 2.24) is 9.38 Å². The maximum atomic E-state index is 12.3. The molecule has 0 fully saturated rings. The summed E-state index contributed by atoms with van der Waals surface area (Å²) >= 11 is 5.85. The lowest BCUT2D eigenvalue weighted by molar-refractivity contribution is 0.0463. The summed E-state index contributed by atoms with van der Waals surface area (Å²) in [5, 5.41) is 0.387. The van der Waals surface area contributed by atoms with Crippen molar-refractivity contribution in [3.63, 3.8) is 0 Å². The fourth-order valence-electron chi connectivity index (χ4n) is 2.38. The van der Waals surface area contributed by atoms with Crippen LogP contribution in [0, 0.1) is 0 Å².